The highest BCUT2D eigenvalue weighted by Gasteiger charge is 2.34. The van der Waals surface area contributed by atoms with Gasteiger partial charge in [0.15, 0.2) is 5.96 Å². The van der Waals surface area contributed by atoms with Gasteiger partial charge in [0.2, 0.25) is 0 Å². The van der Waals surface area contributed by atoms with Gasteiger partial charge in [-0.15, -0.1) is 0 Å². The van der Waals surface area contributed by atoms with E-state index in [4.69, 9.17) is 9.73 Å². The van der Waals surface area contributed by atoms with E-state index in [1.165, 1.54) is 11.1 Å². The number of aliphatic imine (C=N–C) groups is 1. The first-order chi connectivity index (χ1) is 13.6. The van der Waals surface area contributed by atoms with Gasteiger partial charge < -0.3 is 20.5 Å². The number of aliphatic hydroxyl groups is 1. The fourth-order valence-electron chi connectivity index (χ4n) is 3.63. The van der Waals surface area contributed by atoms with Crippen LogP contribution < -0.4 is 10.6 Å². The topological polar surface area (TPSA) is 69.1 Å². The molecule has 0 amide bonds. The molecule has 1 fully saturated rings. The SMILES string of the molecule is CCNC(=NCc1cccc(CN(CC)CC)c1)NCC1(CCO)CCOC1. The van der Waals surface area contributed by atoms with E-state index in [2.05, 4.69) is 60.6 Å². The predicted molar refractivity (Wildman–Crippen MR) is 115 cm³/mol. The molecule has 6 nitrogen and oxygen atoms in total. The van der Waals surface area contributed by atoms with Crippen LogP contribution in [0.5, 0.6) is 0 Å². The Labute approximate surface area is 170 Å². The van der Waals surface area contributed by atoms with Crippen molar-refractivity contribution in [3.8, 4) is 0 Å². The molecule has 0 saturated carbocycles. The summed E-state index contributed by atoms with van der Waals surface area (Å²) >= 11 is 0. The monoisotopic (exact) mass is 390 g/mol. The third-order valence-electron chi connectivity index (χ3n) is 5.51. The standard InChI is InChI=1S/C22H38N4O2/c1-4-23-21(25-17-22(10-12-27)11-13-28-18-22)24-15-19-8-7-9-20(14-19)16-26(5-2)6-3/h7-9,14,27H,4-6,10-13,15-18H2,1-3H3,(H2,23,24,25). The smallest absolute Gasteiger partial charge is 0.191 e. The number of rotatable bonds is 11. The molecule has 0 bridgehead atoms. The van der Waals surface area contributed by atoms with E-state index in [9.17, 15) is 5.11 Å². The molecule has 28 heavy (non-hydrogen) atoms. The summed E-state index contributed by atoms with van der Waals surface area (Å²) in [5, 5.41) is 16.2. The fourth-order valence-corrected chi connectivity index (χ4v) is 3.63. The maximum atomic E-state index is 9.40. The van der Waals surface area contributed by atoms with Gasteiger partial charge >= 0.3 is 0 Å². The van der Waals surface area contributed by atoms with E-state index in [0.29, 0.717) is 13.2 Å². The Hall–Kier alpha value is -1.63. The normalized spacial score (nSPS) is 20.0. The van der Waals surface area contributed by atoms with Crippen LogP contribution in [-0.2, 0) is 17.8 Å². The van der Waals surface area contributed by atoms with Crippen LogP contribution in [0.3, 0.4) is 0 Å². The van der Waals surface area contributed by atoms with Gasteiger partial charge in [-0.2, -0.15) is 0 Å². The van der Waals surface area contributed by atoms with E-state index in [-0.39, 0.29) is 12.0 Å². The Morgan fingerprint density at radius 2 is 2.00 bits per heavy atom. The van der Waals surface area contributed by atoms with Crippen LogP contribution in [0.15, 0.2) is 29.3 Å². The van der Waals surface area contributed by atoms with Crippen molar-refractivity contribution < 1.29 is 9.84 Å². The van der Waals surface area contributed by atoms with Gasteiger partial charge in [-0.05, 0) is 44.0 Å². The van der Waals surface area contributed by atoms with Crippen LogP contribution in [-0.4, -0.2) is 62.0 Å². The van der Waals surface area contributed by atoms with Gasteiger partial charge in [-0.25, -0.2) is 4.99 Å². The van der Waals surface area contributed by atoms with Gasteiger partial charge in [0.25, 0.3) is 0 Å². The van der Waals surface area contributed by atoms with Crippen molar-refractivity contribution in [3.05, 3.63) is 35.4 Å². The van der Waals surface area contributed by atoms with Crippen LogP contribution >= 0.6 is 0 Å². The van der Waals surface area contributed by atoms with Crippen LogP contribution in [0.2, 0.25) is 0 Å². The van der Waals surface area contributed by atoms with Crippen molar-refractivity contribution in [2.75, 3.05) is 46.0 Å². The zero-order valence-electron chi connectivity index (χ0n) is 17.8. The van der Waals surface area contributed by atoms with Crippen molar-refractivity contribution >= 4 is 5.96 Å². The first kappa shape index (κ1) is 22.7. The summed E-state index contributed by atoms with van der Waals surface area (Å²) < 4.78 is 5.58. The van der Waals surface area contributed by atoms with Crippen molar-refractivity contribution in [1.82, 2.24) is 15.5 Å². The van der Waals surface area contributed by atoms with Crippen molar-refractivity contribution in [2.45, 2.75) is 46.7 Å². The lowest BCUT2D eigenvalue weighted by Crippen LogP contribution is -2.44. The minimum atomic E-state index is 0.00855. The van der Waals surface area contributed by atoms with Crippen LogP contribution in [0, 0.1) is 5.41 Å². The Morgan fingerprint density at radius 3 is 2.64 bits per heavy atom. The van der Waals surface area contributed by atoms with Crippen LogP contribution in [0.1, 0.15) is 44.7 Å². The van der Waals surface area contributed by atoms with Gasteiger partial charge in [-0.1, -0.05) is 38.1 Å². The Kier molecular flexibility index (Phi) is 9.75. The lowest BCUT2D eigenvalue weighted by atomic mass is 9.84. The van der Waals surface area contributed by atoms with E-state index in [1.54, 1.807) is 0 Å². The molecule has 2 rings (SSSR count). The van der Waals surface area contributed by atoms with Crippen molar-refractivity contribution in [2.24, 2.45) is 10.4 Å². The summed E-state index contributed by atoms with van der Waals surface area (Å²) in [5.74, 6) is 0.820. The molecule has 1 heterocycles. The van der Waals surface area contributed by atoms with E-state index < -0.39 is 0 Å². The van der Waals surface area contributed by atoms with E-state index >= 15 is 0 Å². The second kappa shape index (κ2) is 12.0. The molecule has 0 radical (unpaired) electrons. The number of hydrogen-bond acceptors (Lipinski definition) is 4. The summed E-state index contributed by atoms with van der Waals surface area (Å²) in [7, 11) is 0. The second-order valence-corrected chi connectivity index (χ2v) is 7.61. The Bertz CT molecular complexity index is 596. The number of guanidine groups is 1. The first-order valence-electron chi connectivity index (χ1n) is 10.7. The average molecular weight is 391 g/mol. The second-order valence-electron chi connectivity index (χ2n) is 7.61. The number of nitrogens with one attached hydrogen (secondary N) is 2. The highest BCUT2D eigenvalue weighted by molar-refractivity contribution is 5.79. The average Bonchev–Trinajstić information content (AvgIpc) is 3.17. The Morgan fingerprint density at radius 1 is 1.21 bits per heavy atom. The van der Waals surface area contributed by atoms with Gasteiger partial charge in [0, 0.05) is 38.3 Å². The van der Waals surface area contributed by atoms with Crippen molar-refractivity contribution in [1.29, 1.82) is 0 Å². The molecule has 1 saturated heterocycles. The molecule has 1 aromatic carbocycles. The third-order valence-corrected chi connectivity index (χ3v) is 5.51. The maximum Gasteiger partial charge on any atom is 0.191 e. The molecule has 0 aliphatic carbocycles. The van der Waals surface area contributed by atoms with Gasteiger partial charge in [0.1, 0.15) is 0 Å². The number of benzene rings is 1. The fraction of sp³-hybridized carbons (Fsp3) is 0.682. The summed E-state index contributed by atoms with van der Waals surface area (Å²) in [6, 6.07) is 8.70. The van der Waals surface area contributed by atoms with Crippen molar-refractivity contribution in [3.63, 3.8) is 0 Å². The predicted octanol–water partition coefficient (Wildman–Crippen LogP) is 2.37. The lowest BCUT2D eigenvalue weighted by Gasteiger charge is -2.27. The van der Waals surface area contributed by atoms with E-state index in [0.717, 1.165) is 58.1 Å². The zero-order valence-corrected chi connectivity index (χ0v) is 17.8. The lowest BCUT2D eigenvalue weighted by molar-refractivity contribution is 0.127. The number of hydrogen-bond donors (Lipinski definition) is 3. The minimum Gasteiger partial charge on any atom is -0.396 e. The van der Waals surface area contributed by atoms with Crippen LogP contribution in [0.4, 0.5) is 0 Å². The summed E-state index contributed by atoms with van der Waals surface area (Å²) in [6.45, 7) is 13.5. The Balaban J connectivity index is 1.98. The maximum absolute atomic E-state index is 9.40. The summed E-state index contributed by atoms with van der Waals surface area (Å²) in [6.07, 6.45) is 1.74. The highest BCUT2D eigenvalue weighted by atomic mass is 16.5. The molecular weight excluding hydrogens is 352 g/mol. The molecule has 1 aromatic rings. The molecule has 0 spiro atoms. The minimum absolute atomic E-state index is 0.00855. The first-order valence-corrected chi connectivity index (χ1v) is 10.7. The quantitative estimate of drug-likeness (QED) is 0.400. The number of aliphatic hydroxyl groups excluding tert-OH is 1. The molecular formula is C22H38N4O2. The largest absolute Gasteiger partial charge is 0.396 e. The van der Waals surface area contributed by atoms with Gasteiger partial charge in [-0.3, -0.25) is 4.90 Å². The van der Waals surface area contributed by atoms with Gasteiger partial charge in [0.05, 0.1) is 13.2 Å². The summed E-state index contributed by atoms with van der Waals surface area (Å²) in [5.41, 5.74) is 2.56. The van der Waals surface area contributed by atoms with E-state index in [1.807, 2.05) is 0 Å². The molecule has 0 aromatic heterocycles. The van der Waals surface area contributed by atoms with Crippen LogP contribution in [0.25, 0.3) is 0 Å². The molecule has 1 atom stereocenters. The molecule has 1 aliphatic heterocycles. The zero-order chi connectivity index (χ0) is 20.2. The highest BCUT2D eigenvalue weighted by Crippen LogP contribution is 2.31. The molecule has 158 valence electrons. The third kappa shape index (κ3) is 7.08. The summed E-state index contributed by atoms with van der Waals surface area (Å²) in [4.78, 5) is 7.19. The molecule has 6 heteroatoms. The number of ether oxygens (including phenoxy) is 1. The molecule has 1 unspecified atom stereocenters. The molecule has 3 N–H and O–H groups in total. The molecule has 1 aliphatic rings. The number of nitrogens with zero attached hydrogens (tertiary/aromatic N) is 2.